The molecule has 1 aliphatic rings. The van der Waals surface area contributed by atoms with Gasteiger partial charge in [0, 0.05) is 44.7 Å². The highest BCUT2D eigenvalue weighted by Gasteiger charge is 2.23. The molecule has 1 aromatic heterocycles. The molecule has 1 saturated heterocycles. The Morgan fingerprint density at radius 3 is 2.67 bits per heavy atom. The second-order valence-electron chi connectivity index (χ2n) is 5.83. The molecule has 2 aromatic rings. The molecule has 24 heavy (non-hydrogen) atoms. The SMILES string of the molecule is O=C(NCCc1ccccc1)N1CCC(Oc2cccnn2)CC1. The Bertz CT molecular complexity index is 628. The molecule has 6 heteroatoms. The van der Waals surface area contributed by atoms with Gasteiger partial charge in [-0.1, -0.05) is 30.3 Å². The van der Waals surface area contributed by atoms with Crippen LogP contribution in [0.1, 0.15) is 18.4 Å². The van der Waals surface area contributed by atoms with Crippen LogP contribution in [0.25, 0.3) is 0 Å². The molecule has 0 saturated carbocycles. The fraction of sp³-hybridized carbons (Fsp3) is 0.389. The van der Waals surface area contributed by atoms with Gasteiger partial charge in [0.15, 0.2) is 0 Å². The van der Waals surface area contributed by atoms with Gasteiger partial charge in [-0.25, -0.2) is 4.79 Å². The predicted molar refractivity (Wildman–Crippen MR) is 90.8 cm³/mol. The van der Waals surface area contributed by atoms with Gasteiger partial charge in [0.1, 0.15) is 6.10 Å². The van der Waals surface area contributed by atoms with Crippen molar-refractivity contribution in [3.05, 3.63) is 54.2 Å². The number of carbonyl (C=O) groups excluding carboxylic acids is 1. The molecule has 0 aliphatic carbocycles. The van der Waals surface area contributed by atoms with Gasteiger partial charge in [0.05, 0.1) is 0 Å². The van der Waals surface area contributed by atoms with E-state index in [0.717, 1.165) is 19.3 Å². The van der Waals surface area contributed by atoms with Crippen molar-refractivity contribution in [3.63, 3.8) is 0 Å². The predicted octanol–water partition coefficient (Wildman–Crippen LogP) is 2.27. The third kappa shape index (κ3) is 4.68. The van der Waals surface area contributed by atoms with Gasteiger partial charge in [-0.15, -0.1) is 5.10 Å². The molecule has 0 atom stereocenters. The molecule has 0 bridgehead atoms. The van der Waals surface area contributed by atoms with E-state index in [9.17, 15) is 4.79 Å². The monoisotopic (exact) mass is 326 g/mol. The van der Waals surface area contributed by atoms with Crippen molar-refractivity contribution >= 4 is 6.03 Å². The zero-order chi connectivity index (χ0) is 16.6. The van der Waals surface area contributed by atoms with Crippen molar-refractivity contribution in [1.29, 1.82) is 0 Å². The lowest BCUT2D eigenvalue weighted by Crippen LogP contribution is -2.46. The van der Waals surface area contributed by atoms with Gasteiger partial charge >= 0.3 is 6.03 Å². The Hall–Kier alpha value is -2.63. The zero-order valence-corrected chi connectivity index (χ0v) is 13.6. The first-order valence-corrected chi connectivity index (χ1v) is 8.32. The van der Waals surface area contributed by atoms with Crippen LogP contribution in [0.15, 0.2) is 48.7 Å². The third-order valence-electron chi connectivity index (χ3n) is 4.10. The molecule has 126 valence electrons. The van der Waals surface area contributed by atoms with Crippen LogP contribution >= 0.6 is 0 Å². The summed E-state index contributed by atoms with van der Waals surface area (Å²) < 4.78 is 5.79. The van der Waals surface area contributed by atoms with Crippen LogP contribution < -0.4 is 10.1 Å². The number of rotatable bonds is 5. The molecule has 1 aliphatic heterocycles. The molecule has 1 N–H and O–H groups in total. The van der Waals surface area contributed by atoms with Gasteiger partial charge in [-0.05, 0) is 18.1 Å². The fourth-order valence-electron chi connectivity index (χ4n) is 2.77. The van der Waals surface area contributed by atoms with Crippen molar-refractivity contribution in [2.24, 2.45) is 0 Å². The molecule has 1 fully saturated rings. The smallest absolute Gasteiger partial charge is 0.317 e. The number of amides is 2. The molecule has 3 rings (SSSR count). The van der Waals surface area contributed by atoms with Crippen LogP contribution in [0, 0.1) is 0 Å². The summed E-state index contributed by atoms with van der Waals surface area (Å²) in [4.78, 5) is 14.1. The van der Waals surface area contributed by atoms with Gasteiger partial charge < -0.3 is 15.0 Å². The number of ether oxygens (including phenoxy) is 1. The Labute approximate surface area is 141 Å². The van der Waals surface area contributed by atoms with Gasteiger partial charge in [-0.2, -0.15) is 5.10 Å². The van der Waals surface area contributed by atoms with Crippen molar-refractivity contribution in [1.82, 2.24) is 20.4 Å². The van der Waals surface area contributed by atoms with Crippen LogP contribution in [0.4, 0.5) is 4.79 Å². The summed E-state index contributed by atoms with van der Waals surface area (Å²) in [5, 5.41) is 10.7. The van der Waals surface area contributed by atoms with Gasteiger partial charge in [0.2, 0.25) is 5.88 Å². The Balaban J connectivity index is 1.37. The maximum atomic E-state index is 12.2. The minimum atomic E-state index is 0.00360. The number of piperidine rings is 1. The molecule has 6 nitrogen and oxygen atoms in total. The second kappa shape index (κ2) is 8.29. The number of nitrogens with zero attached hydrogens (tertiary/aromatic N) is 3. The maximum Gasteiger partial charge on any atom is 0.317 e. The quantitative estimate of drug-likeness (QED) is 0.915. The summed E-state index contributed by atoms with van der Waals surface area (Å²) >= 11 is 0. The number of urea groups is 1. The maximum absolute atomic E-state index is 12.2. The lowest BCUT2D eigenvalue weighted by Gasteiger charge is -2.31. The minimum Gasteiger partial charge on any atom is -0.473 e. The van der Waals surface area contributed by atoms with E-state index in [1.807, 2.05) is 23.1 Å². The minimum absolute atomic E-state index is 0.00360. The Morgan fingerprint density at radius 1 is 1.17 bits per heavy atom. The van der Waals surface area contributed by atoms with E-state index in [4.69, 9.17) is 4.74 Å². The van der Waals surface area contributed by atoms with E-state index >= 15 is 0 Å². The highest BCUT2D eigenvalue weighted by atomic mass is 16.5. The van der Waals surface area contributed by atoms with E-state index in [-0.39, 0.29) is 12.1 Å². The molecule has 0 radical (unpaired) electrons. The van der Waals surface area contributed by atoms with Crippen molar-refractivity contribution in [2.45, 2.75) is 25.4 Å². The van der Waals surface area contributed by atoms with Crippen molar-refractivity contribution < 1.29 is 9.53 Å². The highest BCUT2D eigenvalue weighted by molar-refractivity contribution is 5.74. The van der Waals surface area contributed by atoms with Crippen molar-refractivity contribution in [3.8, 4) is 5.88 Å². The number of benzene rings is 1. The summed E-state index contributed by atoms with van der Waals surface area (Å²) in [6.45, 7) is 2.04. The van der Waals surface area contributed by atoms with E-state index in [1.165, 1.54) is 5.56 Å². The number of hydrogen-bond donors (Lipinski definition) is 1. The largest absolute Gasteiger partial charge is 0.473 e. The van der Waals surface area contributed by atoms with E-state index in [0.29, 0.717) is 25.5 Å². The third-order valence-corrected chi connectivity index (χ3v) is 4.10. The summed E-state index contributed by atoms with van der Waals surface area (Å²) in [7, 11) is 0. The first kappa shape index (κ1) is 16.2. The van der Waals surface area contributed by atoms with Crippen LogP contribution in [0.2, 0.25) is 0 Å². The Kier molecular flexibility index (Phi) is 5.61. The Morgan fingerprint density at radius 2 is 1.96 bits per heavy atom. The molecule has 0 spiro atoms. The summed E-state index contributed by atoms with van der Waals surface area (Å²) in [5.41, 5.74) is 1.23. The summed E-state index contributed by atoms with van der Waals surface area (Å²) in [6.07, 6.45) is 4.18. The second-order valence-corrected chi connectivity index (χ2v) is 5.83. The molecule has 0 unspecified atom stereocenters. The lowest BCUT2D eigenvalue weighted by molar-refractivity contribution is 0.106. The lowest BCUT2D eigenvalue weighted by atomic mass is 10.1. The molecular weight excluding hydrogens is 304 g/mol. The average molecular weight is 326 g/mol. The normalized spacial score (nSPS) is 15.1. The van der Waals surface area contributed by atoms with Crippen LogP contribution in [0.3, 0.4) is 0 Å². The molecule has 1 aromatic carbocycles. The standard InChI is InChI=1S/C18H22N4O2/c23-18(19-12-8-15-5-2-1-3-6-15)22-13-9-16(10-14-22)24-17-7-4-11-20-21-17/h1-7,11,16H,8-10,12-14H2,(H,19,23). The first-order valence-electron chi connectivity index (χ1n) is 8.32. The first-order chi connectivity index (χ1) is 11.8. The van der Waals surface area contributed by atoms with Gasteiger partial charge in [-0.3, -0.25) is 0 Å². The number of nitrogens with one attached hydrogen (secondary N) is 1. The van der Waals surface area contributed by atoms with Crippen LogP contribution in [0.5, 0.6) is 5.88 Å². The van der Waals surface area contributed by atoms with E-state index < -0.39 is 0 Å². The highest BCUT2D eigenvalue weighted by Crippen LogP contribution is 2.16. The summed E-state index contributed by atoms with van der Waals surface area (Å²) in [6, 6.07) is 13.8. The van der Waals surface area contributed by atoms with E-state index in [2.05, 4.69) is 27.6 Å². The molecular formula is C18H22N4O2. The van der Waals surface area contributed by atoms with Gasteiger partial charge in [0.25, 0.3) is 0 Å². The topological polar surface area (TPSA) is 67.4 Å². The fourth-order valence-corrected chi connectivity index (χ4v) is 2.77. The zero-order valence-electron chi connectivity index (χ0n) is 13.6. The number of aromatic nitrogens is 2. The number of carbonyl (C=O) groups is 1. The van der Waals surface area contributed by atoms with E-state index in [1.54, 1.807) is 18.3 Å². The molecule has 2 amide bonds. The average Bonchev–Trinajstić information content (AvgIpc) is 2.64. The van der Waals surface area contributed by atoms with Crippen LogP contribution in [-0.4, -0.2) is 46.9 Å². The number of hydrogen-bond acceptors (Lipinski definition) is 4. The number of likely N-dealkylation sites (tertiary alicyclic amines) is 1. The summed E-state index contributed by atoms with van der Waals surface area (Å²) in [5.74, 6) is 0.545. The van der Waals surface area contributed by atoms with Crippen LogP contribution in [-0.2, 0) is 6.42 Å². The van der Waals surface area contributed by atoms with Crippen molar-refractivity contribution in [2.75, 3.05) is 19.6 Å². The molecule has 2 heterocycles.